The van der Waals surface area contributed by atoms with E-state index >= 15 is 0 Å². The summed E-state index contributed by atoms with van der Waals surface area (Å²) in [4.78, 5) is 11.1. The van der Waals surface area contributed by atoms with Crippen molar-refractivity contribution in [2.24, 2.45) is 0 Å². The zero-order valence-corrected chi connectivity index (χ0v) is 13.4. The number of hydrogen-bond acceptors (Lipinski definition) is 4. The Balaban J connectivity index is 2.38. The molecule has 2 aromatic carbocycles. The van der Waals surface area contributed by atoms with Crippen LogP contribution in [0.5, 0.6) is 5.75 Å². The third-order valence-electron chi connectivity index (χ3n) is 2.50. The SMILES string of the molecule is CC(=O)Nc1ccccc1OS(=O)(=O)c1ccccc1Br. The van der Waals surface area contributed by atoms with Gasteiger partial charge in [0.2, 0.25) is 5.91 Å². The number of nitrogens with one attached hydrogen (secondary N) is 1. The van der Waals surface area contributed by atoms with Crippen LogP contribution in [0.25, 0.3) is 0 Å². The molecular weight excluding hydrogens is 358 g/mol. The van der Waals surface area contributed by atoms with Crippen LogP contribution in [0, 0.1) is 0 Å². The minimum Gasteiger partial charge on any atom is -0.377 e. The van der Waals surface area contributed by atoms with E-state index in [0.717, 1.165) is 0 Å². The first kappa shape index (κ1) is 15.5. The van der Waals surface area contributed by atoms with E-state index in [1.165, 1.54) is 19.1 Å². The van der Waals surface area contributed by atoms with Crippen LogP contribution in [0.15, 0.2) is 57.9 Å². The average molecular weight is 370 g/mol. The lowest BCUT2D eigenvalue weighted by Crippen LogP contribution is -2.13. The summed E-state index contributed by atoms with van der Waals surface area (Å²) in [5, 5.41) is 2.52. The summed E-state index contributed by atoms with van der Waals surface area (Å²) in [5.74, 6) is -0.257. The monoisotopic (exact) mass is 369 g/mol. The standard InChI is InChI=1S/C14H12BrNO4S/c1-10(17)16-12-7-3-4-8-13(12)20-21(18,19)14-9-5-2-6-11(14)15/h2-9H,1H3,(H,16,17). The minimum atomic E-state index is -4.00. The number of para-hydroxylation sites is 2. The fraction of sp³-hybridized carbons (Fsp3) is 0.0714. The average Bonchev–Trinajstić information content (AvgIpc) is 2.40. The van der Waals surface area contributed by atoms with E-state index in [1.807, 2.05) is 0 Å². The molecule has 2 aromatic rings. The predicted octanol–water partition coefficient (Wildman–Crippen LogP) is 3.18. The predicted molar refractivity (Wildman–Crippen MR) is 82.7 cm³/mol. The van der Waals surface area contributed by atoms with Gasteiger partial charge in [0.15, 0.2) is 5.75 Å². The van der Waals surface area contributed by atoms with Gasteiger partial charge in [-0.3, -0.25) is 4.79 Å². The summed E-state index contributed by atoms with van der Waals surface area (Å²) in [6.45, 7) is 1.33. The summed E-state index contributed by atoms with van der Waals surface area (Å²) in [6, 6.07) is 12.7. The molecule has 2 rings (SSSR count). The first-order valence-corrected chi connectivity index (χ1v) is 8.16. The lowest BCUT2D eigenvalue weighted by atomic mass is 10.3. The van der Waals surface area contributed by atoms with Crippen LogP contribution < -0.4 is 9.50 Å². The Kier molecular flexibility index (Phi) is 4.64. The molecule has 0 saturated carbocycles. The van der Waals surface area contributed by atoms with Crippen molar-refractivity contribution in [2.75, 3.05) is 5.32 Å². The first-order chi connectivity index (χ1) is 9.90. The lowest BCUT2D eigenvalue weighted by molar-refractivity contribution is -0.114. The second-order valence-electron chi connectivity index (χ2n) is 4.15. The molecule has 0 spiro atoms. The summed E-state index contributed by atoms with van der Waals surface area (Å²) in [5.41, 5.74) is 0.292. The van der Waals surface area contributed by atoms with Gasteiger partial charge in [0.05, 0.1) is 5.69 Å². The molecule has 1 amide bonds. The number of benzene rings is 2. The number of halogens is 1. The van der Waals surface area contributed by atoms with E-state index in [1.54, 1.807) is 36.4 Å². The number of carbonyl (C=O) groups excluding carboxylic acids is 1. The second-order valence-corrected chi connectivity index (χ2v) is 6.51. The van der Waals surface area contributed by atoms with Crippen molar-refractivity contribution in [3.8, 4) is 5.75 Å². The summed E-state index contributed by atoms with van der Waals surface area (Å²) in [6.07, 6.45) is 0. The van der Waals surface area contributed by atoms with Crippen LogP contribution in [0.4, 0.5) is 5.69 Å². The molecule has 110 valence electrons. The van der Waals surface area contributed by atoms with Gasteiger partial charge in [-0.25, -0.2) is 0 Å². The van der Waals surface area contributed by atoms with Gasteiger partial charge in [0.25, 0.3) is 0 Å². The molecule has 0 heterocycles. The van der Waals surface area contributed by atoms with E-state index in [2.05, 4.69) is 21.2 Å². The van der Waals surface area contributed by atoms with E-state index in [0.29, 0.717) is 10.2 Å². The Bertz CT molecular complexity index is 774. The van der Waals surface area contributed by atoms with Gasteiger partial charge in [0, 0.05) is 11.4 Å². The smallest absolute Gasteiger partial charge is 0.340 e. The summed E-state index contributed by atoms with van der Waals surface area (Å²) < 4.78 is 30.1. The first-order valence-electron chi connectivity index (χ1n) is 5.96. The fourth-order valence-corrected chi connectivity index (χ4v) is 3.55. The minimum absolute atomic E-state index is 0.0163. The summed E-state index contributed by atoms with van der Waals surface area (Å²) >= 11 is 3.18. The largest absolute Gasteiger partial charge is 0.377 e. The van der Waals surface area contributed by atoms with Crippen molar-refractivity contribution in [3.05, 3.63) is 53.0 Å². The van der Waals surface area contributed by atoms with E-state index in [9.17, 15) is 13.2 Å². The summed E-state index contributed by atoms with van der Waals surface area (Å²) in [7, 11) is -4.00. The molecule has 1 N–H and O–H groups in total. The Morgan fingerprint density at radius 2 is 1.71 bits per heavy atom. The topological polar surface area (TPSA) is 72.5 Å². The number of amides is 1. The van der Waals surface area contributed by atoms with Gasteiger partial charge in [0.1, 0.15) is 4.90 Å². The highest BCUT2D eigenvalue weighted by atomic mass is 79.9. The molecule has 0 saturated heterocycles. The maximum Gasteiger partial charge on any atom is 0.340 e. The molecular formula is C14H12BrNO4S. The fourth-order valence-electron chi connectivity index (χ4n) is 1.64. The molecule has 7 heteroatoms. The normalized spacial score (nSPS) is 11.0. The third-order valence-corrected chi connectivity index (χ3v) is 4.75. The van der Waals surface area contributed by atoms with Gasteiger partial charge < -0.3 is 9.50 Å². The molecule has 0 aliphatic carbocycles. The van der Waals surface area contributed by atoms with Gasteiger partial charge in [-0.1, -0.05) is 24.3 Å². The molecule has 0 bridgehead atoms. The Labute approximate surface area is 131 Å². The van der Waals surface area contributed by atoms with Crippen LogP contribution in [0.2, 0.25) is 0 Å². The van der Waals surface area contributed by atoms with Crippen LogP contribution in [-0.4, -0.2) is 14.3 Å². The van der Waals surface area contributed by atoms with Gasteiger partial charge in [-0.05, 0) is 40.2 Å². The molecule has 0 unspecified atom stereocenters. The Morgan fingerprint density at radius 3 is 2.38 bits per heavy atom. The molecule has 0 radical (unpaired) electrons. The van der Waals surface area contributed by atoms with Gasteiger partial charge >= 0.3 is 10.1 Å². The Morgan fingerprint density at radius 1 is 1.10 bits per heavy atom. The molecule has 5 nitrogen and oxygen atoms in total. The van der Waals surface area contributed by atoms with Crippen LogP contribution in [0.1, 0.15) is 6.92 Å². The molecule has 0 aromatic heterocycles. The van der Waals surface area contributed by atoms with Crippen molar-refractivity contribution in [3.63, 3.8) is 0 Å². The number of hydrogen-bond donors (Lipinski definition) is 1. The number of carbonyl (C=O) groups is 1. The molecule has 0 atom stereocenters. The van der Waals surface area contributed by atoms with Crippen LogP contribution >= 0.6 is 15.9 Å². The van der Waals surface area contributed by atoms with Crippen LogP contribution in [-0.2, 0) is 14.9 Å². The van der Waals surface area contributed by atoms with Crippen molar-refractivity contribution < 1.29 is 17.4 Å². The van der Waals surface area contributed by atoms with Crippen molar-refractivity contribution >= 4 is 37.6 Å². The zero-order chi connectivity index (χ0) is 15.5. The second kappa shape index (κ2) is 6.28. The highest BCUT2D eigenvalue weighted by molar-refractivity contribution is 9.10. The van der Waals surface area contributed by atoms with E-state index < -0.39 is 10.1 Å². The molecule has 0 aliphatic rings. The third kappa shape index (κ3) is 3.83. The van der Waals surface area contributed by atoms with Gasteiger partial charge in [-0.15, -0.1) is 0 Å². The van der Waals surface area contributed by atoms with Crippen molar-refractivity contribution in [2.45, 2.75) is 11.8 Å². The number of rotatable bonds is 4. The van der Waals surface area contributed by atoms with Crippen molar-refractivity contribution in [1.82, 2.24) is 0 Å². The molecule has 0 aliphatic heterocycles. The highest BCUT2D eigenvalue weighted by Gasteiger charge is 2.21. The quantitative estimate of drug-likeness (QED) is 0.840. The lowest BCUT2D eigenvalue weighted by Gasteiger charge is -2.12. The highest BCUT2D eigenvalue weighted by Crippen LogP contribution is 2.29. The molecule has 21 heavy (non-hydrogen) atoms. The maximum absolute atomic E-state index is 12.3. The number of anilines is 1. The molecule has 0 fully saturated rings. The Hall–Kier alpha value is -1.86. The van der Waals surface area contributed by atoms with E-state index in [-0.39, 0.29) is 16.6 Å². The van der Waals surface area contributed by atoms with E-state index in [4.69, 9.17) is 4.18 Å². The van der Waals surface area contributed by atoms with Gasteiger partial charge in [-0.2, -0.15) is 8.42 Å². The van der Waals surface area contributed by atoms with Crippen molar-refractivity contribution in [1.29, 1.82) is 0 Å². The zero-order valence-electron chi connectivity index (χ0n) is 11.0. The maximum atomic E-state index is 12.3. The van der Waals surface area contributed by atoms with Crippen LogP contribution in [0.3, 0.4) is 0 Å².